The SMILES string of the molecule is CCOc1ccc(N)c(SCC(=O)NCCCC(=O)O)c1. The Morgan fingerprint density at radius 1 is 1.43 bits per heavy atom. The number of thioether (sulfide) groups is 1. The molecule has 0 saturated carbocycles. The molecule has 0 saturated heterocycles. The molecule has 0 aliphatic heterocycles. The molecule has 116 valence electrons. The predicted molar refractivity (Wildman–Crippen MR) is 82.6 cm³/mol. The zero-order chi connectivity index (χ0) is 15.7. The first-order valence-corrected chi connectivity index (χ1v) is 7.65. The van der Waals surface area contributed by atoms with Crippen LogP contribution in [0.2, 0.25) is 0 Å². The zero-order valence-electron chi connectivity index (χ0n) is 11.9. The molecule has 6 nitrogen and oxygen atoms in total. The third-order valence-electron chi connectivity index (χ3n) is 2.54. The van der Waals surface area contributed by atoms with Crippen LogP contribution in [0.25, 0.3) is 0 Å². The zero-order valence-corrected chi connectivity index (χ0v) is 12.7. The number of anilines is 1. The van der Waals surface area contributed by atoms with Crippen LogP contribution >= 0.6 is 11.8 Å². The van der Waals surface area contributed by atoms with Crippen LogP contribution in [0.15, 0.2) is 23.1 Å². The molecule has 0 radical (unpaired) electrons. The van der Waals surface area contributed by atoms with Gasteiger partial charge in [0.05, 0.1) is 12.4 Å². The molecule has 4 N–H and O–H groups in total. The predicted octanol–water partition coefficient (Wildman–Crippen LogP) is 1.74. The first kappa shape index (κ1) is 17.2. The van der Waals surface area contributed by atoms with Crippen LogP contribution in [0, 0.1) is 0 Å². The molecule has 0 atom stereocenters. The highest BCUT2D eigenvalue weighted by Crippen LogP contribution is 2.29. The van der Waals surface area contributed by atoms with Gasteiger partial charge >= 0.3 is 5.97 Å². The maximum atomic E-state index is 11.6. The molecule has 0 heterocycles. The van der Waals surface area contributed by atoms with Gasteiger partial charge in [-0.2, -0.15) is 0 Å². The lowest BCUT2D eigenvalue weighted by molar-refractivity contribution is -0.137. The maximum Gasteiger partial charge on any atom is 0.303 e. The van der Waals surface area contributed by atoms with Crippen LogP contribution in [0.1, 0.15) is 19.8 Å². The molecule has 1 rings (SSSR count). The standard InChI is InChI=1S/C14H20N2O4S/c1-2-20-10-5-6-11(15)12(8-10)21-9-13(17)16-7-3-4-14(18)19/h5-6,8H,2-4,7,9,15H2,1H3,(H,16,17)(H,18,19). The van der Waals surface area contributed by atoms with Crippen molar-refractivity contribution in [3.05, 3.63) is 18.2 Å². The summed E-state index contributed by atoms with van der Waals surface area (Å²) < 4.78 is 5.39. The number of carbonyl (C=O) groups excluding carboxylic acids is 1. The second-order valence-corrected chi connectivity index (χ2v) is 5.29. The van der Waals surface area contributed by atoms with Crippen molar-refractivity contribution in [1.29, 1.82) is 0 Å². The molecule has 0 fully saturated rings. The topological polar surface area (TPSA) is 102 Å². The first-order valence-electron chi connectivity index (χ1n) is 6.66. The van der Waals surface area contributed by atoms with E-state index in [1.54, 1.807) is 18.2 Å². The van der Waals surface area contributed by atoms with Crippen molar-refractivity contribution < 1.29 is 19.4 Å². The van der Waals surface area contributed by atoms with Crippen molar-refractivity contribution in [2.45, 2.75) is 24.7 Å². The Bertz CT molecular complexity index is 494. The molecular weight excluding hydrogens is 292 g/mol. The van der Waals surface area contributed by atoms with E-state index in [0.717, 1.165) is 10.6 Å². The molecular formula is C14H20N2O4S. The highest BCUT2D eigenvalue weighted by atomic mass is 32.2. The Morgan fingerprint density at radius 2 is 2.19 bits per heavy atom. The van der Waals surface area contributed by atoms with Crippen molar-refractivity contribution in [3.63, 3.8) is 0 Å². The number of hydrogen-bond acceptors (Lipinski definition) is 5. The minimum atomic E-state index is -0.862. The van der Waals surface area contributed by atoms with E-state index in [1.807, 2.05) is 6.92 Å². The van der Waals surface area contributed by atoms with Crippen molar-refractivity contribution in [2.75, 3.05) is 24.6 Å². The van der Waals surface area contributed by atoms with Gasteiger partial charge < -0.3 is 20.9 Å². The van der Waals surface area contributed by atoms with E-state index < -0.39 is 5.97 Å². The first-order chi connectivity index (χ1) is 10.0. The Labute approximate surface area is 128 Å². The Hall–Kier alpha value is -1.89. The van der Waals surface area contributed by atoms with Crippen LogP contribution in [-0.2, 0) is 9.59 Å². The van der Waals surface area contributed by atoms with Crippen molar-refractivity contribution >= 4 is 29.3 Å². The largest absolute Gasteiger partial charge is 0.494 e. The fourth-order valence-corrected chi connectivity index (χ4v) is 2.38. The number of aliphatic carboxylic acids is 1. The van der Waals surface area contributed by atoms with E-state index in [-0.39, 0.29) is 18.1 Å². The van der Waals surface area contributed by atoms with Gasteiger partial charge in [0.15, 0.2) is 0 Å². The third-order valence-corrected chi connectivity index (χ3v) is 3.62. The molecule has 1 aromatic carbocycles. The number of ether oxygens (including phenoxy) is 1. The summed E-state index contributed by atoms with van der Waals surface area (Å²) in [5.41, 5.74) is 6.45. The van der Waals surface area contributed by atoms with Crippen LogP contribution in [0.3, 0.4) is 0 Å². The molecule has 0 aliphatic carbocycles. The van der Waals surface area contributed by atoms with Crippen molar-refractivity contribution in [1.82, 2.24) is 5.32 Å². The van der Waals surface area contributed by atoms with Gasteiger partial charge in [-0.25, -0.2) is 0 Å². The molecule has 0 unspecified atom stereocenters. The van der Waals surface area contributed by atoms with Gasteiger partial charge in [-0.3, -0.25) is 9.59 Å². The average Bonchev–Trinajstić information content (AvgIpc) is 2.44. The summed E-state index contributed by atoms with van der Waals surface area (Å²) in [7, 11) is 0. The highest BCUT2D eigenvalue weighted by Gasteiger charge is 2.07. The van der Waals surface area contributed by atoms with Gasteiger partial charge in [-0.05, 0) is 31.5 Å². The van der Waals surface area contributed by atoms with E-state index in [1.165, 1.54) is 11.8 Å². The molecule has 0 bridgehead atoms. The number of nitrogens with two attached hydrogens (primary N) is 1. The van der Waals surface area contributed by atoms with Crippen molar-refractivity contribution in [3.8, 4) is 5.75 Å². The van der Waals surface area contributed by atoms with Gasteiger partial charge in [0, 0.05) is 23.5 Å². The van der Waals surface area contributed by atoms with Crippen LogP contribution in [-0.4, -0.2) is 35.9 Å². The number of hydrogen-bond donors (Lipinski definition) is 3. The smallest absolute Gasteiger partial charge is 0.303 e. The summed E-state index contributed by atoms with van der Waals surface area (Å²) >= 11 is 1.33. The second-order valence-electron chi connectivity index (χ2n) is 4.27. The quantitative estimate of drug-likeness (QED) is 0.365. The Kier molecular flexibility index (Phi) is 7.45. The maximum absolute atomic E-state index is 11.6. The Morgan fingerprint density at radius 3 is 2.86 bits per heavy atom. The minimum Gasteiger partial charge on any atom is -0.494 e. The van der Waals surface area contributed by atoms with E-state index in [4.69, 9.17) is 15.6 Å². The third kappa shape index (κ3) is 6.89. The normalized spacial score (nSPS) is 10.1. The molecule has 0 spiro atoms. The average molecular weight is 312 g/mol. The lowest BCUT2D eigenvalue weighted by atomic mass is 10.3. The minimum absolute atomic E-state index is 0.0524. The summed E-state index contributed by atoms with van der Waals surface area (Å²) in [4.78, 5) is 22.8. The fraction of sp³-hybridized carbons (Fsp3) is 0.429. The van der Waals surface area contributed by atoms with Gasteiger partial charge in [0.25, 0.3) is 0 Å². The van der Waals surface area contributed by atoms with Gasteiger partial charge in [0.2, 0.25) is 5.91 Å². The molecule has 0 aromatic heterocycles. The van der Waals surface area contributed by atoms with Crippen LogP contribution in [0.5, 0.6) is 5.75 Å². The van der Waals surface area contributed by atoms with Crippen LogP contribution in [0.4, 0.5) is 5.69 Å². The summed E-state index contributed by atoms with van der Waals surface area (Å²) in [6.45, 7) is 2.83. The van der Waals surface area contributed by atoms with E-state index in [9.17, 15) is 9.59 Å². The summed E-state index contributed by atoms with van der Waals surface area (Å²) in [5, 5.41) is 11.2. The highest BCUT2D eigenvalue weighted by molar-refractivity contribution is 8.00. The molecule has 0 aliphatic rings. The van der Waals surface area contributed by atoms with Gasteiger partial charge in [0.1, 0.15) is 5.75 Å². The number of carboxylic acids is 1. The number of carbonyl (C=O) groups is 2. The van der Waals surface area contributed by atoms with E-state index >= 15 is 0 Å². The van der Waals surface area contributed by atoms with Gasteiger partial charge in [-0.15, -0.1) is 11.8 Å². The summed E-state index contributed by atoms with van der Waals surface area (Å²) in [6, 6.07) is 5.34. The number of benzene rings is 1. The molecule has 1 aromatic rings. The lowest BCUT2D eigenvalue weighted by Crippen LogP contribution is -2.26. The second kappa shape index (κ2) is 9.12. The summed E-state index contributed by atoms with van der Waals surface area (Å²) in [5.74, 6) is -0.0610. The lowest BCUT2D eigenvalue weighted by Gasteiger charge is -2.09. The molecule has 7 heteroatoms. The fourth-order valence-electron chi connectivity index (χ4n) is 1.56. The number of nitrogen functional groups attached to an aromatic ring is 1. The summed E-state index contributed by atoms with van der Waals surface area (Å²) in [6.07, 6.45) is 0.477. The molecule has 1 amide bonds. The van der Waals surface area contributed by atoms with E-state index in [2.05, 4.69) is 5.32 Å². The molecule has 21 heavy (non-hydrogen) atoms. The van der Waals surface area contributed by atoms with E-state index in [0.29, 0.717) is 25.3 Å². The Balaban J connectivity index is 2.38. The number of carboxylic acid groups (broad SMARTS) is 1. The van der Waals surface area contributed by atoms with Crippen LogP contribution < -0.4 is 15.8 Å². The number of rotatable bonds is 9. The van der Waals surface area contributed by atoms with Gasteiger partial charge in [-0.1, -0.05) is 0 Å². The monoisotopic (exact) mass is 312 g/mol. The number of amides is 1. The van der Waals surface area contributed by atoms with Crippen molar-refractivity contribution in [2.24, 2.45) is 0 Å². The number of nitrogens with one attached hydrogen (secondary N) is 1.